The molecule has 1 unspecified atom stereocenters. The second-order valence-electron chi connectivity index (χ2n) is 4.50. The van der Waals surface area contributed by atoms with Crippen LogP contribution in [0.3, 0.4) is 0 Å². The van der Waals surface area contributed by atoms with Crippen molar-refractivity contribution in [3.05, 3.63) is 0 Å². The minimum atomic E-state index is -0.836. The summed E-state index contributed by atoms with van der Waals surface area (Å²) < 4.78 is 0. The molecule has 1 N–H and O–H groups in total. The molecule has 0 spiro atoms. The van der Waals surface area contributed by atoms with E-state index in [1.165, 1.54) is 0 Å². The average Bonchev–Trinajstić information content (AvgIpc) is 2.28. The molecule has 5 nitrogen and oxygen atoms in total. The van der Waals surface area contributed by atoms with Crippen molar-refractivity contribution in [1.29, 1.82) is 0 Å². The van der Waals surface area contributed by atoms with E-state index in [0.29, 0.717) is 12.3 Å². The van der Waals surface area contributed by atoms with Gasteiger partial charge in [-0.2, -0.15) is 11.8 Å². The SMILES string of the molecule is CC(C)N(C)C(=O)CN1CCSCC1C(=O)O. The number of carbonyl (C=O) groups is 2. The van der Waals surface area contributed by atoms with Gasteiger partial charge in [0.1, 0.15) is 6.04 Å². The summed E-state index contributed by atoms with van der Waals surface area (Å²) in [5.41, 5.74) is 0. The van der Waals surface area contributed by atoms with Gasteiger partial charge in [-0.25, -0.2) is 0 Å². The lowest BCUT2D eigenvalue weighted by Gasteiger charge is -2.33. The van der Waals surface area contributed by atoms with E-state index in [-0.39, 0.29) is 18.5 Å². The first-order chi connectivity index (χ1) is 7.93. The first-order valence-electron chi connectivity index (χ1n) is 5.73. The Balaban J connectivity index is 2.59. The second kappa shape index (κ2) is 6.26. The standard InChI is InChI=1S/C11H20N2O3S/c1-8(2)12(3)10(14)6-13-4-5-17-7-9(13)11(15)16/h8-9H,4-7H2,1-3H3,(H,15,16). The molecule has 0 radical (unpaired) electrons. The molecular weight excluding hydrogens is 240 g/mol. The van der Waals surface area contributed by atoms with Crippen molar-refractivity contribution in [1.82, 2.24) is 9.80 Å². The molecule has 0 aromatic rings. The molecule has 17 heavy (non-hydrogen) atoms. The molecule has 1 fully saturated rings. The van der Waals surface area contributed by atoms with E-state index < -0.39 is 12.0 Å². The van der Waals surface area contributed by atoms with Crippen molar-refractivity contribution in [2.24, 2.45) is 0 Å². The van der Waals surface area contributed by atoms with Crippen molar-refractivity contribution < 1.29 is 14.7 Å². The number of hydrogen-bond acceptors (Lipinski definition) is 4. The van der Waals surface area contributed by atoms with Crippen LogP contribution in [-0.2, 0) is 9.59 Å². The first-order valence-corrected chi connectivity index (χ1v) is 6.89. The number of nitrogens with zero attached hydrogens (tertiary/aromatic N) is 2. The monoisotopic (exact) mass is 260 g/mol. The van der Waals surface area contributed by atoms with E-state index in [2.05, 4.69) is 0 Å². The highest BCUT2D eigenvalue weighted by molar-refractivity contribution is 7.99. The fourth-order valence-corrected chi connectivity index (χ4v) is 2.73. The highest BCUT2D eigenvalue weighted by Crippen LogP contribution is 2.16. The highest BCUT2D eigenvalue weighted by atomic mass is 32.2. The zero-order valence-electron chi connectivity index (χ0n) is 10.5. The molecule has 1 rings (SSSR count). The minimum Gasteiger partial charge on any atom is -0.480 e. The molecule has 1 atom stereocenters. The molecule has 98 valence electrons. The predicted octanol–water partition coefficient (Wildman–Crippen LogP) is 0.355. The summed E-state index contributed by atoms with van der Waals surface area (Å²) in [6.45, 7) is 4.75. The molecule has 0 aliphatic carbocycles. The maximum Gasteiger partial charge on any atom is 0.321 e. The van der Waals surface area contributed by atoms with Crippen LogP contribution >= 0.6 is 11.8 Å². The molecule has 1 saturated heterocycles. The van der Waals surface area contributed by atoms with Gasteiger partial charge in [-0.1, -0.05) is 0 Å². The van der Waals surface area contributed by atoms with Crippen LogP contribution in [0.1, 0.15) is 13.8 Å². The summed E-state index contributed by atoms with van der Waals surface area (Å²) >= 11 is 1.63. The minimum absolute atomic E-state index is 0.0156. The number of carbonyl (C=O) groups excluding carboxylic acids is 1. The third-order valence-electron chi connectivity index (χ3n) is 3.03. The summed E-state index contributed by atoms with van der Waals surface area (Å²) in [6, 6.07) is -0.386. The Labute approximate surface area is 106 Å². The average molecular weight is 260 g/mol. The number of hydrogen-bond donors (Lipinski definition) is 1. The zero-order valence-corrected chi connectivity index (χ0v) is 11.4. The zero-order chi connectivity index (χ0) is 13.0. The van der Waals surface area contributed by atoms with Crippen molar-refractivity contribution in [2.45, 2.75) is 25.9 Å². The largest absolute Gasteiger partial charge is 0.480 e. The molecule has 1 amide bonds. The molecular formula is C11H20N2O3S. The quantitative estimate of drug-likeness (QED) is 0.790. The van der Waals surface area contributed by atoms with Gasteiger partial charge in [-0.05, 0) is 13.8 Å². The maximum absolute atomic E-state index is 11.9. The second-order valence-corrected chi connectivity index (χ2v) is 5.65. The number of rotatable bonds is 4. The van der Waals surface area contributed by atoms with Crippen molar-refractivity contribution in [3.8, 4) is 0 Å². The summed E-state index contributed by atoms with van der Waals surface area (Å²) in [6.07, 6.45) is 0. The van der Waals surface area contributed by atoms with Gasteiger partial charge in [-0.15, -0.1) is 0 Å². The van der Waals surface area contributed by atoms with Gasteiger partial charge in [0.05, 0.1) is 6.54 Å². The van der Waals surface area contributed by atoms with Gasteiger partial charge in [0.15, 0.2) is 0 Å². The number of likely N-dealkylation sites (N-methyl/N-ethyl adjacent to an activating group) is 1. The maximum atomic E-state index is 11.9. The van der Waals surface area contributed by atoms with Gasteiger partial charge in [0.25, 0.3) is 0 Å². The summed E-state index contributed by atoms with van der Waals surface area (Å²) in [5.74, 6) is 0.603. The van der Waals surface area contributed by atoms with Crippen molar-refractivity contribution in [3.63, 3.8) is 0 Å². The molecule has 0 aromatic carbocycles. The molecule has 0 saturated carbocycles. The Morgan fingerprint density at radius 3 is 2.71 bits per heavy atom. The Hall–Kier alpha value is -0.750. The van der Waals surface area contributed by atoms with E-state index in [0.717, 1.165) is 5.75 Å². The first kappa shape index (κ1) is 14.3. The molecule has 0 aromatic heterocycles. The lowest BCUT2D eigenvalue weighted by molar-refractivity contribution is -0.144. The van der Waals surface area contributed by atoms with Crippen LogP contribution in [0.15, 0.2) is 0 Å². The Morgan fingerprint density at radius 1 is 1.53 bits per heavy atom. The van der Waals surface area contributed by atoms with E-state index in [9.17, 15) is 9.59 Å². The number of carboxylic acids is 1. The Kier molecular flexibility index (Phi) is 5.27. The fourth-order valence-electron chi connectivity index (χ4n) is 1.63. The van der Waals surface area contributed by atoms with Crippen LogP contribution in [0.4, 0.5) is 0 Å². The Morgan fingerprint density at radius 2 is 2.18 bits per heavy atom. The normalized spacial score (nSPS) is 21.5. The third kappa shape index (κ3) is 3.89. The third-order valence-corrected chi connectivity index (χ3v) is 4.05. The van der Waals surface area contributed by atoms with E-state index in [1.54, 1.807) is 28.6 Å². The van der Waals surface area contributed by atoms with Crippen LogP contribution in [-0.4, -0.2) is 70.5 Å². The van der Waals surface area contributed by atoms with Crippen molar-refractivity contribution >= 4 is 23.6 Å². The fraction of sp³-hybridized carbons (Fsp3) is 0.818. The van der Waals surface area contributed by atoms with E-state index in [4.69, 9.17) is 5.11 Å². The molecule has 6 heteroatoms. The topological polar surface area (TPSA) is 60.9 Å². The number of carboxylic acid groups (broad SMARTS) is 1. The summed E-state index contributed by atoms with van der Waals surface area (Å²) in [7, 11) is 1.75. The molecule has 1 heterocycles. The summed E-state index contributed by atoms with van der Waals surface area (Å²) in [4.78, 5) is 26.4. The molecule has 1 aliphatic rings. The van der Waals surface area contributed by atoms with Crippen LogP contribution in [0.2, 0.25) is 0 Å². The summed E-state index contributed by atoms with van der Waals surface area (Å²) in [5, 5.41) is 9.09. The van der Waals surface area contributed by atoms with Crippen LogP contribution in [0, 0.1) is 0 Å². The van der Waals surface area contributed by atoms with E-state index in [1.807, 2.05) is 13.8 Å². The van der Waals surface area contributed by atoms with Crippen LogP contribution in [0.5, 0.6) is 0 Å². The molecule has 0 bridgehead atoms. The van der Waals surface area contributed by atoms with Crippen LogP contribution < -0.4 is 0 Å². The van der Waals surface area contributed by atoms with Gasteiger partial charge >= 0.3 is 5.97 Å². The molecule has 1 aliphatic heterocycles. The van der Waals surface area contributed by atoms with Gasteiger partial charge in [0, 0.05) is 31.1 Å². The Bertz CT molecular complexity index is 296. The number of aliphatic carboxylic acids is 1. The number of thioether (sulfide) groups is 1. The lowest BCUT2D eigenvalue weighted by atomic mass is 10.2. The van der Waals surface area contributed by atoms with Gasteiger partial charge in [0.2, 0.25) is 5.91 Å². The highest BCUT2D eigenvalue weighted by Gasteiger charge is 2.30. The smallest absolute Gasteiger partial charge is 0.321 e. The lowest BCUT2D eigenvalue weighted by Crippen LogP contribution is -2.51. The van der Waals surface area contributed by atoms with Crippen LogP contribution in [0.25, 0.3) is 0 Å². The van der Waals surface area contributed by atoms with Gasteiger partial charge in [-0.3, -0.25) is 14.5 Å². The predicted molar refractivity (Wildman–Crippen MR) is 68.2 cm³/mol. The van der Waals surface area contributed by atoms with Gasteiger partial charge < -0.3 is 10.0 Å². The number of amides is 1. The van der Waals surface area contributed by atoms with E-state index >= 15 is 0 Å². The van der Waals surface area contributed by atoms with Crippen molar-refractivity contribution in [2.75, 3.05) is 31.6 Å².